The molecule has 33 heavy (non-hydrogen) atoms. The van der Waals surface area contributed by atoms with Gasteiger partial charge in [-0.3, -0.25) is 4.79 Å². The van der Waals surface area contributed by atoms with Gasteiger partial charge in [-0.25, -0.2) is 4.98 Å². The van der Waals surface area contributed by atoms with Crippen molar-refractivity contribution in [2.45, 2.75) is 13.5 Å². The number of thiophene rings is 1. The fraction of sp³-hybridized carbons (Fsp3) is 0.231. The van der Waals surface area contributed by atoms with E-state index in [2.05, 4.69) is 13.0 Å². The van der Waals surface area contributed by atoms with Gasteiger partial charge in [-0.15, -0.1) is 11.3 Å². The number of ether oxygens (including phenoxy) is 3. The number of hydrogen-bond acceptors (Lipinski definition) is 6. The van der Waals surface area contributed by atoms with Crippen molar-refractivity contribution in [2.24, 2.45) is 0 Å². The lowest BCUT2D eigenvalue weighted by Gasteiger charge is -2.19. The number of methoxy groups -OCH3 is 3. The highest BCUT2D eigenvalue weighted by atomic mass is 32.1. The van der Waals surface area contributed by atoms with Crippen LogP contribution in [0.25, 0.3) is 22.2 Å². The zero-order chi connectivity index (χ0) is 23.5. The maximum Gasteiger partial charge on any atom is 0.254 e. The highest BCUT2D eigenvalue weighted by Gasteiger charge is 2.20. The van der Waals surface area contributed by atoms with Crippen LogP contribution in [-0.2, 0) is 6.54 Å². The van der Waals surface area contributed by atoms with Gasteiger partial charge in [-0.1, -0.05) is 18.2 Å². The van der Waals surface area contributed by atoms with Crippen molar-refractivity contribution >= 4 is 28.1 Å². The summed E-state index contributed by atoms with van der Waals surface area (Å²) in [6.45, 7) is 2.62. The molecule has 2 aromatic carbocycles. The van der Waals surface area contributed by atoms with E-state index in [0.29, 0.717) is 35.1 Å². The zero-order valence-corrected chi connectivity index (χ0v) is 20.2. The molecule has 170 valence electrons. The van der Waals surface area contributed by atoms with Crippen molar-refractivity contribution in [3.8, 4) is 28.5 Å². The van der Waals surface area contributed by atoms with E-state index in [1.807, 2.05) is 54.9 Å². The zero-order valence-electron chi connectivity index (χ0n) is 19.3. The minimum atomic E-state index is -0.0601. The third kappa shape index (κ3) is 4.36. The van der Waals surface area contributed by atoms with Gasteiger partial charge in [0.05, 0.1) is 44.6 Å². The Labute approximate surface area is 197 Å². The molecule has 0 atom stereocenters. The van der Waals surface area contributed by atoms with E-state index in [1.54, 1.807) is 37.6 Å². The molecule has 7 heteroatoms. The van der Waals surface area contributed by atoms with E-state index in [-0.39, 0.29) is 5.91 Å². The largest absolute Gasteiger partial charge is 0.493 e. The van der Waals surface area contributed by atoms with Crippen LogP contribution in [0.3, 0.4) is 0 Å². The van der Waals surface area contributed by atoms with Gasteiger partial charge in [-0.2, -0.15) is 0 Å². The molecule has 0 saturated heterocycles. The summed E-state index contributed by atoms with van der Waals surface area (Å²) in [6, 6.07) is 15.3. The van der Waals surface area contributed by atoms with E-state index in [9.17, 15) is 4.79 Å². The summed E-state index contributed by atoms with van der Waals surface area (Å²) in [4.78, 5) is 21.3. The fourth-order valence-electron chi connectivity index (χ4n) is 3.79. The molecule has 0 fully saturated rings. The molecule has 0 aliphatic heterocycles. The lowest BCUT2D eigenvalue weighted by Crippen LogP contribution is -2.26. The number of carbonyl (C=O) groups is 1. The number of benzene rings is 2. The summed E-state index contributed by atoms with van der Waals surface area (Å²) in [6.07, 6.45) is 0. The van der Waals surface area contributed by atoms with Gasteiger partial charge in [0.25, 0.3) is 5.91 Å². The Morgan fingerprint density at radius 2 is 1.70 bits per heavy atom. The van der Waals surface area contributed by atoms with Crippen molar-refractivity contribution in [1.82, 2.24) is 9.88 Å². The molecule has 2 heterocycles. The smallest absolute Gasteiger partial charge is 0.254 e. The van der Waals surface area contributed by atoms with Crippen LogP contribution in [0.15, 0.2) is 53.9 Å². The molecule has 0 radical (unpaired) electrons. The Kier molecular flexibility index (Phi) is 6.51. The number of aromatic nitrogens is 1. The maximum atomic E-state index is 13.6. The summed E-state index contributed by atoms with van der Waals surface area (Å²) in [5.74, 6) is 1.50. The summed E-state index contributed by atoms with van der Waals surface area (Å²) in [5.41, 5.74) is 3.95. The number of nitrogens with zero attached hydrogens (tertiary/aromatic N) is 2. The van der Waals surface area contributed by atoms with E-state index >= 15 is 0 Å². The minimum Gasteiger partial charge on any atom is -0.493 e. The Morgan fingerprint density at radius 3 is 2.30 bits per heavy atom. The number of aryl methyl sites for hydroxylation is 1. The van der Waals surface area contributed by atoms with Crippen LogP contribution in [-0.4, -0.2) is 44.2 Å². The van der Waals surface area contributed by atoms with Crippen molar-refractivity contribution in [2.75, 3.05) is 28.4 Å². The molecule has 0 aliphatic carbocycles. The van der Waals surface area contributed by atoms with Crippen molar-refractivity contribution < 1.29 is 19.0 Å². The predicted molar refractivity (Wildman–Crippen MR) is 132 cm³/mol. The van der Waals surface area contributed by atoms with Crippen LogP contribution in [0.4, 0.5) is 0 Å². The highest BCUT2D eigenvalue weighted by molar-refractivity contribution is 7.10. The van der Waals surface area contributed by atoms with Crippen LogP contribution in [0.2, 0.25) is 0 Å². The lowest BCUT2D eigenvalue weighted by atomic mass is 10.0. The summed E-state index contributed by atoms with van der Waals surface area (Å²) in [5, 5.41) is 2.86. The molecule has 4 aromatic rings. The normalized spacial score (nSPS) is 10.8. The second-order valence-electron chi connectivity index (χ2n) is 7.67. The first-order valence-corrected chi connectivity index (χ1v) is 11.3. The molecule has 0 saturated carbocycles. The Hall–Kier alpha value is -3.58. The van der Waals surface area contributed by atoms with Crippen LogP contribution >= 0.6 is 11.3 Å². The number of hydrogen-bond donors (Lipinski definition) is 0. The molecule has 0 spiro atoms. The van der Waals surface area contributed by atoms with E-state index in [4.69, 9.17) is 19.2 Å². The van der Waals surface area contributed by atoms with Crippen molar-refractivity contribution in [1.29, 1.82) is 0 Å². The van der Waals surface area contributed by atoms with Gasteiger partial charge in [0.1, 0.15) is 0 Å². The number of rotatable bonds is 7. The molecule has 6 nitrogen and oxygen atoms in total. The average molecular weight is 463 g/mol. The number of carbonyl (C=O) groups excluding carboxylic acids is 1. The molecule has 4 rings (SSSR count). The number of pyridine rings is 1. The topological polar surface area (TPSA) is 60.9 Å². The summed E-state index contributed by atoms with van der Waals surface area (Å²) in [7, 11) is 6.54. The van der Waals surface area contributed by atoms with Crippen molar-refractivity contribution in [3.05, 3.63) is 69.9 Å². The summed E-state index contributed by atoms with van der Waals surface area (Å²) >= 11 is 1.66. The maximum absolute atomic E-state index is 13.6. The monoisotopic (exact) mass is 462 g/mol. The molecular weight excluding hydrogens is 436 g/mol. The summed E-state index contributed by atoms with van der Waals surface area (Å²) < 4.78 is 16.5. The number of fused-ring (bicyclic) bond motifs is 1. The van der Waals surface area contributed by atoms with Gasteiger partial charge < -0.3 is 19.1 Å². The number of para-hydroxylation sites is 1. The first kappa shape index (κ1) is 22.6. The molecule has 1 amide bonds. The van der Waals surface area contributed by atoms with E-state index < -0.39 is 0 Å². The van der Waals surface area contributed by atoms with Gasteiger partial charge in [0.15, 0.2) is 11.5 Å². The average Bonchev–Trinajstić information content (AvgIpc) is 3.25. The first-order valence-electron chi connectivity index (χ1n) is 10.5. The van der Waals surface area contributed by atoms with E-state index in [0.717, 1.165) is 16.5 Å². The minimum absolute atomic E-state index is 0.0601. The molecular formula is C26H26N2O4S. The van der Waals surface area contributed by atoms with Crippen molar-refractivity contribution in [3.63, 3.8) is 0 Å². The predicted octanol–water partition coefficient (Wildman–Crippen LogP) is 5.57. The lowest BCUT2D eigenvalue weighted by molar-refractivity contribution is 0.0788. The van der Waals surface area contributed by atoms with Crippen LogP contribution in [0.1, 0.15) is 20.8 Å². The Morgan fingerprint density at radius 1 is 1.00 bits per heavy atom. The van der Waals surface area contributed by atoms with Gasteiger partial charge in [0.2, 0.25) is 5.75 Å². The van der Waals surface area contributed by atoms with E-state index in [1.165, 1.54) is 10.4 Å². The third-order valence-electron chi connectivity index (χ3n) is 5.60. The second kappa shape index (κ2) is 9.50. The van der Waals surface area contributed by atoms with Gasteiger partial charge in [-0.05, 0) is 48.2 Å². The molecule has 0 bridgehead atoms. The fourth-order valence-corrected chi connectivity index (χ4v) is 4.75. The molecule has 0 aliphatic rings. The standard InChI is InChI=1S/C26H26N2O4S/c1-16-10-11-33-24(16)15-28(2)26(29)19-14-21(27-20-9-7-6-8-18(19)20)17-12-22(30-3)25(32-5)23(13-17)31-4/h6-14H,15H2,1-5H3. The number of amides is 1. The van der Waals surface area contributed by atoms with Crippen LogP contribution in [0.5, 0.6) is 17.2 Å². The van der Waals surface area contributed by atoms with Crippen LogP contribution in [0, 0.1) is 6.92 Å². The molecule has 0 unspecified atom stereocenters. The Balaban J connectivity index is 1.82. The van der Waals surface area contributed by atoms with Gasteiger partial charge in [0, 0.05) is 22.9 Å². The van der Waals surface area contributed by atoms with Gasteiger partial charge >= 0.3 is 0 Å². The third-order valence-corrected chi connectivity index (χ3v) is 6.61. The Bertz CT molecular complexity index is 1290. The van der Waals surface area contributed by atoms with Crippen LogP contribution < -0.4 is 14.2 Å². The second-order valence-corrected chi connectivity index (χ2v) is 8.67. The molecule has 2 aromatic heterocycles. The molecule has 0 N–H and O–H groups in total. The SMILES string of the molecule is COc1cc(-c2cc(C(=O)N(C)Cc3sccc3C)c3ccccc3n2)cc(OC)c1OC. The highest BCUT2D eigenvalue weighted by Crippen LogP contribution is 2.41. The first-order chi connectivity index (χ1) is 16.0. The quantitative estimate of drug-likeness (QED) is 0.359.